The molecule has 3 heteroatoms. The number of benzene rings is 1. The molecule has 1 atom stereocenters. The van der Waals surface area contributed by atoms with Gasteiger partial charge in [-0.2, -0.15) is 0 Å². The molecule has 0 amide bonds. The minimum absolute atomic E-state index is 0.284. The molecule has 0 fully saturated rings. The zero-order valence-corrected chi connectivity index (χ0v) is 13.3. The Morgan fingerprint density at radius 3 is 2.17 bits per heavy atom. The van der Waals surface area contributed by atoms with Crippen molar-refractivity contribution in [1.29, 1.82) is 0 Å². The zero-order chi connectivity index (χ0) is 13.6. The minimum Gasteiger partial charge on any atom is -0.497 e. The molecule has 0 aliphatic heterocycles. The maximum atomic E-state index is 5.78. The van der Waals surface area contributed by atoms with Crippen molar-refractivity contribution >= 4 is 15.9 Å². The van der Waals surface area contributed by atoms with E-state index in [4.69, 9.17) is 9.47 Å². The van der Waals surface area contributed by atoms with E-state index in [9.17, 15) is 0 Å². The second-order valence-electron chi connectivity index (χ2n) is 5.22. The average Bonchev–Trinajstić information content (AvgIpc) is 2.39. The first-order valence-electron chi connectivity index (χ1n) is 6.34. The molecule has 0 N–H and O–H groups in total. The summed E-state index contributed by atoms with van der Waals surface area (Å²) in [6.45, 7) is 7.56. The van der Waals surface area contributed by atoms with Crippen LogP contribution in [0.15, 0.2) is 24.3 Å². The first kappa shape index (κ1) is 15.4. The van der Waals surface area contributed by atoms with E-state index in [-0.39, 0.29) is 5.41 Å². The van der Waals surface area contributed by atoms with Crippen molar-refractivity contribution < 1.29 is 9.47 Å². The molecule has 102 valence electrons. The molecule has 0 saturated heterocycles. The molecule has 0 spiro atoms. The number of hydrogen-bond donors (Lipinski definition) is 0. The summed E-state index contributed by atoms with van der Waals surface area (Å²) in [5, 5.41) is 1.00. The number of ether oxygens (including phenoxy) is 2. The Bertz CT molecular complexity index is 348. The summed E-state index contributed by atoms with van der Waals surface area (Å²) in [4.78, 5) is 0. The molecule has 0 bridgehead atoms. The van der Waals surface area contributed by atoms with Crippen molar-refractivity contribution in [2.45, 2.75) is 27.2 Å². The fourth-order valence-corrected chi connectivity index (χ4v) is 2.51. The standard InChI is InChI=1S/C15H23BrO2/c1-12(2)15(3,11-16)9-10-18-14-7-5-13(17-4)6-8-14/h5-8,12H,9-11H2,1-4H3. The van der Waals surface area contributed by atoms with Crippen LogP contribution in [0.4, 0.5) is 0 Å². The maximum absolute atomic E-state index is 5.78. The molecule has 18 heavy (non-hydrogen) atoms. The summed E-state index contributed by atoms with van der Waals surface area (Å²) in [5.41, 5.74) is 0.284. The summed E-state index contributed by atoms with van der Waals surface area (Å²) in [7, 11) is 1.67. The van der Waals surface area contributed by atoms with Crippen LogP contribution in [0.3, 0.4) is 0 Å². The van der Waals surface area contributed by atoms with Crippen molar-refractivity contribution in [3.8, 4) is 11.5 Å². The fraction of sp³-hybridized carbons (Fsp3) is 0.600. The Labute approximate surface area is 119 Å². The molecule has 0 radical (unpaired) electrons. The molecule has 0 aliphatic carbocycles. The Kier molecular flexibility index (Phi) is 6.00. The number of halogens is 1. The van der Waals surface area contributed by atoms with E-state index in [0.717, 1.165) is 29.9 Å². The van der Waals surface area contributed by atoms with Crippen LogP contribution in [0.25, 0.3) is 0 Å². The van der Waals surface area contributed by atoms with Gasteiger partial charge in [-0.15, -0.1) is 0 Å². The molecule has 2 nitrogen and oxygen atoms in total. The highest BCUT2D eigenvalue weighted by Gasteiger charge is 2.26. The largest absolute Gasteiger partial charge is 0.497 e. The smallest absolute Gasteiger partial charge is 0.119 e. The van der Waals surface area contributed by atoms with Gasteiger partial charge >= 0.3 is 0 Å². The Morgan fingerprint density at radius 1 is 1.17 bits per heavy atom. The topological polar surface area (TPSA) is 18.5 Å². The molecule has 1 aromatic carbocycles. The number of alkyl halides is 1. The second kappa shape index (κ2) is 7.03. The Balaban J connectivity index is 2.45. The van der Waals surface area contributed by atoms with Gasteiger partial charge in [-0.25, -0.2) is 0 Å². The second-order valence-corrected chi connectivity index (χ2v) is 5.78. The average molecular weight is 315 g/mol. The number of rotatable bonds is 7. The lowest BCUT2D eigenvalue weighted by Gasteiger charge is -2.31. The number of methoxy groups -OCH3 is 1. The van der Waals surface area contributed by atoms with E-state index in [2.05, 4.69) is 36.7 Å². The first-order chi connectivity index (χ1) is 8.51. The van der Waals surface area contributed by atoms with Crippen molar-refractivity contribution in [2.75, 3.05) is 19.0 Å². The van der Waals surface area contributed by atoms with Crippen LogP contribution in [0.2, 0.25) is 0 Å². The van der Waals surface area contributed by atoms with E-state index < -0.39 is 0 Å². The monoisotopic (exact) mass is 314 g/mol. The summed E-state index contributed by atoms with van der Waals surface area (Å²) in [6.07, 6.45) is 1.04. The van der Waals surface area contributed by atoms with Crippen molar-refractivity contribution in [3.05, 3.63) is 24.3 Å². The summed E-state index contributed by atoms with van der Waals surface area (Å²) in [5.74, 6) is 2.39. The quantitative estimate of drug-likeness (QED) is 0.689. The van der Waals surface area contributed by atoms with Crippen molar-refractivity contribution in [2.24, 2.45) is 11.3 Å². The third kappa shape index (κ3) is 4.20. The molecule has 1 aromatic rings. The normalized spacial score (nSPS) is 14.3. The Hall–Kier alpha value is -0.700. The predicted octanol–water partition coefficient (Wildman–Crippen LogP) is 4.52. The van der Waals surface area contributed by atoms with Crippen molar-refractivity contribution in [1.82, 2.24) is 0 Å². The van der Waals surface area contributed by atoms with Gasteiger partial charge in [-0.1, -0.05) is 36.7 Å². The van der Waals surface area contributed by atoms with Gasteiger partial charge in [0.05, 0.1) is 13.7 Å². The highest BCUT2D eigenvalue weighted by molar-refractivity contribution is 9.09. The van der Waals surface area contributed by atoms with Crippen LogP contribution in [0.5, 0.6) is 11.5 Å². The summed E-state index contributed by atoms with van der Waals surface area (Å²) < 4.78 is 10.9. The third-order valence-corrected chi connectivity index (χ3v) is 4.98. The molecule has 0 saturated carbocycles. The summed E-state index contributed by atoms with van der Waals surface area (Å²) in [6, 6.07) is 7.72. The predicted molar refractivity (Wildman–Crippen MR) is 79.8 cm³/mol. The fourth-order valence-electron chi connectivity index (χ4n) is 1.58. The molecule has 0 aromatic heterocycles. The van der Waals surface area contributed by atoms with Gasteiger partial charge < -0.3 is 9.47 Å². The number of hydrogen-bond acceptors (Lipinski definition) is 2. The lowest BCUT2D eigenvalue weighted by Crippen LogP contribution is -2.27. The van der Waals surface area contributed by atoms with E-state index in [1.54, 1.807) is 7.11 Å². The molecule has 0 heterocycles. The lowest BCUT2D eigenvalue weighted by molar-refractivity contribution is 0.181. The van der Waals surface area contributed by atoms with E-state index in [0.29, 0.717) is 5.92 Å². The molecule has 1 rings (SSSR count). The van der Waals surface area contributed by atoms with Gasteiger partial charge in [0.25, 0.3) is 0 Å². The third-order valence-electron chi connectivity index (χ3n) is 3.70. The van der Waals surface area contributed by atoms with Gasteiger partial charge in [-0.3, -0.25) is 0 Å². The molecule has 0 aliphatic rings. The summed E-state index contributed by atoms with van der Waals surface area (Å²) >= 11 is 3.61. The SMILES string of the molecule is COc1ccc(OCCC(C)(CBr)C(C)C)cc1. The maximum Gasteiger partial charge on any atom is 0.119 e. The molecular weight excluding hydrogens is 292 g/mol. The highest BCUT2D eigenvalue weighted by Crippen LogP contribution is 2.33. The van der Waals surface area contributed by atoms with Gasteiger partial charge in [0.15, 0.2) is 0 Å². The first-order valence-corrected chi connectivity index (χ1v) is 7.47. The van der Waals surface area contributed by atoms with Crippen LogP contribution in [-0.4, -0.2) is 19.0 Å². The van der Waals surface area contributed by atoms with Crippen LogP contribution in [-0.2, 0) is 0 Å². The van der Waals surface area contributed by atoms with E-state index >= 15 is 0 Å². The molecular formula is C15H23BrO2. The van der Waals surface area contributed by atoms with Crippen molar-refractivity contribution in [3.63, 3.8) is 0 Å². The molecule has 1 unspecified atom stereocenters. The van der Waals surface area contributed by atoms with E-state index in [1.807, 2.05) is 24.3 Å². The van der Waals surface area contributed by atoms with Crippen LogP contribution in [0, 0.1) is 11.3 Å². The van der Waals surface area contributed by atoms with Crippen LogP contribution in [0.1, 0.15) is 27.2 Å². The van der Waals surface area contributed by atoms with Crippen LogP contribution >= 0.6 is 15.9 Å². The van der Waals surface area contributed by atoms with E-state index in [1.165, 1.54) is 0 Å². The van der Waals surface area contributed by atoms with Gasteiger partial charge in [0, 0.05) is 5.33 Å². The van der Waals surface area contributed by atoms with Gasteiger partial charge in [-0.05, 0) is 42.0 Å². The minimum atomic E-state index is 0.284. The van der Waals surface area contributed by atoms with Gasteiger partial charge in [0.2, 0.25) is 0 Å². The van der Waals surface area contributed by atoms with Gasteiger partial charge in [0.1, 0.15) is 11.5 Å². The highest BCUT2D eigenvalue weighted by atomic mass is 79.9. The zero-order valence-electron chi connectivity index (χ0n) is 11.7. The van der Waals surface area contributed by atoms with Crippen LogP contribution < -0.4 is 9.47 Å². The Morgan fingerprint density at radius 2 is 1.72 bits per heavy atom. The lowest BCUT2D eigenvalue weighted by atomic mass is 9.78.